The number of thioether (sulfide) groups is 1. The second-order valence-corrected chi connectivity index (χ2v) is 8.15. The lowest BCUT2D eigenvalue weighted by atomic mass is 10.2. The lowest BCUT2D eigenvalue weighted by Gasteiger charge is -2.12. The molecule has 0 fully saturated rings. The second kappa shape index (κ2) is 7.82. The Morgan fingerprint density at radius 2 is 2.00 bits per heavy atom. The lowest BCUT2D eigenvalue weighted by molar-refractivity contribution is -0.139. The summed E-state index contributed by atoms with van der Waals surface area (Å²) in [5.41, 5.74) is 1.45. The average Bonchev–Trinajstić information content (AvgIpc) is 2.89. The summed E-state index contributed by atoms with van der Waals surface area (Å²) in [5, 5.41) is 1.65. The van der Waals surface area contributed by atoms with Gasteiger partial charge in [0.2, 0.25) is 0 Å². The van der Waals surface area contributed by atoms with Crippen molar-refractivity contribution in [3.05, 3.63) is 50.1 Å². The number of nitrogens with zero attached hydrogens (tertiary/aromatic N) is 2. The van der Waals surface area contributed by atoms with Gasteiger partial charge in [-0.1, -0.05) is 23.4 Å². The number of esters is 1. The molecule has 0 N–H and O–H groups in total. The first kappa shape index (κ1) is 18.9. The zero-order valence-electron chi connectivity index (χ0n) is 14.5. The number of hydrogen-bond acceptors (Lipinski definition) is 6. The largest absolute Gasteiger partial charge is 0.465 e. The van der Waals surface area contributed by atoms with E-state index in [1.165, 1.54) is 27.7 Å². The molecular weight excluding hydrogens is 392 g/mol. The minimum atomic E-state index is -0.340. The molecular formula is C18H17ClN2O3S2. The van der Waals surface area contributed by atoms with Crippen LogP contribution in [0, 0.1) is 13.8 Å². The molecule has 136 valence electrons. The van der Waals surface area contributed by atoms with E-state index in [4.69, 9.17) is 16.3 Å². The fourth-order valence-corrected chi connectivity index (χ4v) is 4.52. The van der Waals surface area contributed by atoms with E-state index in [1.54, 1.807) is 31.2 Å². The number of rotatable bonds is 5. The van der Waals surface area contributed by atoms with Crippen molar-refractivity contribution in [1.29, 1.82) is 0 Å². The molecule has 2 aromatic heterocycles. The SMILES string of the molecule is CCOC(=O)CSc1nc2sc(C)c(C)c2c(=O)n1-c1ccc(Cl)cc1. The molecule has 3 aromatic rings. The normalized spacial score (nSPS) is 11.1. The Kier molecular flexibility index (Phi) is 5.70. The third-order valence-corrected chi connectivity index (χ3v) is 6.15. The van der Waals surface area contributed by atoms with Crippen LogP contribution >= 0.6 is 34.7 Å². The highest BCUT2D eigenvalue weighted by Crippen LogP contribution is 2.29. The third-order valence-electron chi connectivity index (χ3n) is 3.88. The molecule has 0 aliphatic heterocycles. The van der Waals surface area contributed by atoms with Crippen LogP contribution in [0.4, 0.5) is 0 Å². The quantitative estimate of drug-likeness (QED) is 0.356. The van der Waals surface area contributed by atoms with Crippen LogP contribution in [0.1, 0.15) is 17.4 Å². The van der Waals surface area contributed by atoms with Gasteiger partial charge in [0.15, 0.2) is 5.16 Å². The highest BCUT2D eigenvalue weighted by molar-refractivity contribution is 7.99. The van der Waals surface area contributed by atoms with Crippen molar-refractivity contribution in [3.8, 4) is 5.69 Å². The fourth-order valence-electron chi connectivity index (χ4n) is 2.52. The van der Waals surface area contributed by atoms with Gasteiger partial charge in [-0.3, -0.25) is 14.2 Å². The Morgan fingerprint density at radius 1 is 1.31 bits per heavy atom. The van der Waals surface area contributed by atoms with E-state index in [0.717, 1.165) is 10.4 Å². The molecule has 0 bridgehead atoms. The van der Waals surface area contributed by atoms with Gasteiger partial charge in [0.05, 0.1) is 23.4 Å². The monoisotopic (exact) mass is 408 g/mol. The third kappa shape index (κ3) is 3.65. The molecule has 0 unspecified atom stereocenters. The van der Waals surface area contributed by atoms with Crippen molar-refractivity contribution in [2.75, 3.05) is 12.4 Å². The number of carbonyl (C=O) groups excluding carboxylic acids is 1. The molecule has 0 atom stereocenters. The van der Waals surface area contributed by atoms with Crippen LogP contribution in [0.3, 0.4) is 0 Å². The summed E-state index contributed by atoms with van der Waals surface area (Å²) < 4.78 is 6.51. The van der Waals surface area contributed by atoms with Gasteiger partial charge in [0, 0.05) is 9.90 Å². The van der Waals surface area contributed by atoms with Gasteiger partial charge in [-0.05, 0) is 50.6 Å². The molecule has 5 nitrogen and oxygen atoms in total. The smallest absolute Gasteiger partial charge is 0.316 e. The number of carbonyl (C=O) groups is 1. The summed E-state index contributed by atoms with van der Waals surface area (Å²) in [5.74, 6) is -0.254. The van der Waals surface area contributed by atoms with Crippen molar-refractivity contribution < 1.29 is 9.53 Å². The van der Waals surface area contributed by atoms with Crippen LogP contribution in [-0.2, 0) is 9.53 Å². The van der Waals surface area contributed by atoms with Crippen LogP contribution in [0.2, 0.25) is 5.02 Å². The van der Waals surface area contributed by atoms with E-state index < -0.39 is 0 Å². The van der Waals surface area contributed by atoms with Crippen LogP contribution in [0.25, 0.3) is 15.9 Å². The maximum Gasteiger partial charge on any atom is 0.316 e. The standard InChI is InChI=1S/C18H17ClN2O3S2/c1-4-24-14(22)9-25-18-20-16-15(10(2)11(3)26-16)17(23)21(18)13-7-5-12(19)6-8-13/h5-8H,4,9H2,1-3H3. The summed E-state index contributed by atoms with van der Waals surface area (Å²) in [6, 6.07) is 6.97. The number of halogens is 1. The molecule has 3 rings (SSSR count). The Balaban J connectivity index is 2.17. The predicted molar refractivity (Wildman–Crippen MR) is 107 cm³/mol. The van der Waals surface area contributed by atoms with E-state index in [2.05, 4.69) is 4.98 Å². The predicted octanol–water partition coefficient (Wildman–Crippen LogP) is 4.37. The fraction of sp³-hybridized carbons (Fsp3) is 0.278. The first-order chi connectivity index (χ1) is 12.4. The van der Waals surface area contributed by atoms with E-state index in [-0.39, 0.29) is 17.3 Å². The molecule has 0 saturated heterocycles. The van der Waals surface area contributed by atoms with Gasteiger partial charge in [0.25, 0.3) is 5.56 Å². The van der Waals surface area contributed by atoms with Crippen LogP contribution in [-0.4, -0.2) is 27.9 Å². The molecule has 1 aromatic carbocycles. The zero-order valence-corrected chi connectivity index (χ0v) is 16.9. The Bertz CT molecular complexity index is 1030. The molecule has 0 radical (unpaired) electrons. The molecule has 0 amide bonds. The summed E-state index contributed by atoms with van der Waals surface area (Å²) in [6.07, 6.45) is 0. The first-order valence-corrected chi connectivity index (χ1v) is 10.2. The van der Waals surface area contributed by atoms with Gasteiger partial charge < -0.3 is 4.74 Å². The number of fused-ring (bicyclic) bond motifs is 1. The topological polar surface area (TPSA) is 61.2 Å². The number of hydrogen-bond donors (Lipinski definition) is 0. The van der Waals surface area contributed by atoms with Gasteiger partial charge in [-0.25, -0.2) is 4.98 Å². The Morgan fingerprint density at radius 3 is 2.65 bits per heavy atom. The van der Waals surface area contributed by atoms with E-state index in [0.29, 0.717) is 32.7 Å². The lowest BCUT2D eigenvalue weighted by Crippen LogP contribution is -2.22. The average molecular weight is 409 g/mol. The maximum absolute atomic E-state index is 13.2. The highest BCUT2D eigenvalue weighted by Gasteiger charge is 2.19. The minimum Gasteiger partial charge on any atom is -0.465 e. The summed E-state index contributed by atoms with van der Waals surface area (Å²) in [6.45, 7) is 5.97. The van der Waals surface area contributed by atoms with E-state index in [1.807, 2.05) is 13.8 Å². The van der Waals surface area contributed by atoms with Crippen LogP contribution in [0.5, 0.6) is 0 Å². The van der Waals surface area contributed by atoms with Crippen LogP contribution < -0.4 is 5.56 Å². The molecule has 8 heteroatoms. The van der Waals surface area contributed by atoms with Crippen molar-refractivity contribution in [3.63, 3.8) is 0 Å². The molecule has 0 aliphatic carbocycles. The molecule has 0 saturated carbocycles. The summed E-state index contributed by atoms with van der Waals surface area (Å²) >= 11 is 8.64. The van der Waals surface area contributed by atoms with E-state index >= 15 is 0 Å². The summed E-state index contributed by atoms with van der Waals surface area (Å²) in [7, 11) is 0. The van der Waals surface area contributed by atoms with Gasteiger partial charge in [-0.15, -0.1) is 11.3 Å². The zero-order chi connectivity index (χ0) is 18.8. The van der Waals surface area contributed by atoms with E-state index in [9.17, 15) is 9.59 Å². The van der Waals surface area contributed by atoms with Crippen molar-refractivity contribution >= 4 is 50.9 Å². The summed E-state index contributed by atoms with van der Waals surface area (Å²) in [4.78, 5) is 31.3. The maximum atomic E-state index is 13.2. The molecule has 2 heterocycles. The molecule has 0 spiro atoms. The number of aromatic nitrogens is 2. The van der Waals surface area contributed by atoms with Crippen molar-refractivity contribution in [2.45, 2.75) is 25.9 Å². The van der Waals surface area contributed by atoms with Gasteiger partial charge in [0.1, 0.15) is 4.83 Å². The van der Waals surface area contributed by atoms with Gasteiger partial charge in [-0.2, -0.15) is 0 Å². The first-order valence-electron chi connectivity index (χ1n) is 7.99. The Labute approximate surface area is 164 Å². The number of benzene rings is 1. The molecule has 0 aliphatic rings. The van der Waals surface area contributed by atoms with Crippen LogP contribution in [0.15, 0.2) is 34.2 Å². The van der Waals surface area contributed by atoms with Crippen molar-refractivity contribution in [1.82, 2.24) is 9.55 Å². The van der Waals surface area contributed by atoms with Crippen molar-refractivity contribution in [2.24, 2.45) is 0 Å². The number of aryl methyl sites for hydroxylation is 2. The Hall–Kier alpha value is -1.83. The molecule has 26 heavy (non-hydrogen) atoms. The number of ether oxygens (including phenoxy) is 1. The minimum absolute atomic E-state index is 0.0860. The number of thiophene rings is 1. The van der Waals surface area contributed by atoms with Gasteiger partial charge >= 0.3 is 5.97 Å². The second-order valence-electron chi connectivity index (χ2n) is 5.57. The highest BCUT2D eigenvalue weighted by atomic mass is 35.5.